The van der Waals surface area contributed by atoms with E-state index in [1.54, 1.807) is 0 Å². The molecule has 2 fully saturated rings. The highest BCUT2D eigenvalue weighted by molar-refractivity contribution is 5.85. The minimum atomic E-state index is 0. The largest absolute Gasteiger partial charge is 0.338 e. The maximum atomic E-state index is 12.4. The van der Waals surface area contributed by atoms with Gasteiger partial charge in [-0.3, -0.25) is 4.79 Å². The third-order valence-corrected chi connectivity index (χ3v) is 4.36. The molecule has 3 nitrogen and oxygen atoms in total. The molecule has 1 heterocycles. The standard InChI is InChI=1S/C13H24N2O.ClH/c1-9-4-3-7-15(12(9)8-14)13(16)10(2)11-5-6-11;/h9-12H,3-8,14H2,1-2H3;1H. The summed E-state index contributed by atoms with van der Waals surface area (Å²) in [6, 6.07) is 0.280. The molecule has 0 bridgehead atoms. The monoisotopic (exact) mass is 260 g/mol. The second kappa shape index (κ2) is 6.05. The van der Waals surface area contributed by atoms with E-state index in [-0.39, 0.29) is 24.4 Å². The number of rotatable bonds is 3. The zero-order valence-corrected chi connectivity index (χ0v) is 11.7. The van der Waals surface area contributed by atoms with Crippen molar-refractivity contribution in [3.05, 3.63) is 0 Å². The molecule has 3 atom stereocenters. The molecule has 17 heavy (non-hydrogen) atoms. The molecular weight excluding hydrogens is 236 g/mol. The van der Waals surface area contributed by atoms with Crippen molar-refractivity contribution in [1.29, 1.82) is 0 Å². The van der Waals surface area contributed by atoms with E-state index >= 15 is 0 Å². The number of amides is 1. The molecule has 100 valence electrons. The van der Waals surface area contributed by atoms with Gasteiger partial charge >= 0.3 is 0 Å². The lowest BCUT2D eigenvalue weighted by Crippen LogP contribution is -2.53. The molecule has 2 rings (SSSR count). The Balaban J connectivity index is 0.00000144. The first-order valence-electron chi connectivity index (χ1n) is 6.65. The number of hydrogen-bond acceptors (Lipinski definition) is 2. The summed E-state index contributed by atoms with van der Waals surface area (Å²) in [6.45, 7) is 5.85. The summed E-state index contributed by atoms with van der Waals surface area (Å²) in [4.78, 5) is 14.4. The molecule has 3 unspecified atom stereocenters. The Hall–Kier alpha value is -0.280. The lowest BCUT2D eigenvalue weighted by molar-refractivity contribution is -0.140. The van der Waals surface area contributed by atoms with Gasteiger partial charge in [-0.15, -0.1) is 12.4 Å². The summed E-state index contributed by atoms with van der Waals surface area (Å²) in [5.74, 6) is 1.79. The number of carbonyl (C=O) groups excluding carboxylic acids is 1. The Bertz CT molecular complexity index is 268. The van der Waals surface area contributed by atoms with E-state index in [2.05, 4.69) is 18.7 Å². The van der Waals surface area contributed by atoms with Crippen molar-refractivity contribution < 1.29 is 4.79 Å². The van der Waals surface area contributed by atoms with Crippen molar-refractivity contribution in [3.8, 4) is 0 Å². The van der Waals surface area contributed by atoms with E-state index in [0.29, 0.717) is 24.3 Å². The van der Waals surface area contributed by atoms with E-state index in [1.807, 2.05) is 0 Å². The molecular formula is C13H25ClN2O. The van der Waals surface area contributed by atoms with Crippen molar-refractivity contribution in [1.82, 2.24) is 4.90 Å². The van der Waals surface area contributed by atoms with Gasteiger partial charge in [-0.05, 0) is 37.5 Å². The van der Waals surface area contributed by atoms with Crippen LogP contribution in [0.5, 0.6) is 0 Å². The van der Waals surface area contributed by atoms with Crippen LogP contribution in [0.4, 0.5) is 0 Å². The summed E-state index contributed by atoms with van der Waals surface area (Å²) in [7, 11) is 0. The number of carbonyl (C=O) groups is 1. The Morgan fingerprint density at radius 1 is 1.41 bits per heavy atom. The van der Waals surface area contributed by atoms with Crippen LogP contribution in [0.2, 0.25) is 0 Å². The fraction of sp³-hybridized carbons (Fsp3) is 0.923. The molecule has 0 aromatic heterocycles. The second-order valence-electron chi connectivity index (χ2n) is 5.58. The Morgan fingerprint density at radius 2 is 2.06 bits per heavy atom. The van der Waals surface area contributed by atoms with E-state index in [0.717, 1.165) is 13.0 Å². The predicted octanol–water partition coefficient (Wildman–Crippen LogP) is 2.04. The number of piperidine rings is 1. The maximum absolute atomic E-state index is 12.4. The molecule has 4 heteroatoms. The fourth-order valence-corrected chi connectivity index (χ4v) is 2.94. The molecule has 0 radical (unpaired) electrons. The third kappa shape index (κ3) is 3.14. The van der Waals surface area contributed by atoms with Crippen molar-refractivity contribution in [3.63, 3.8) is 0 Å². The predicted molar refractivity (Wildman–Crippen MR) is 72.1 cm³/mol. The first-order valence-corrected chi connectivity index (χ1v) is 6.65. The quantitative estimate of drug-likeness (QED) is 0.844. The van der Waals surface area contributed by atoms with Gasteiger partial charge in [0.05, 0.1) is 0 Å². The van der Waals surface area contributed by atoms with Gasteiger partial charge in [-0.2, -0.15) is 0 Å². The molecule has 0 spiro atoms. The first-order chi connectivity index (χ1) is 7.65. The van der Waals surface area contributed by atoms with Gasteiger partial charge in [-0.25, -0.2) is 0 Å². The normalized spacial score (nSPS) is 30.6. The minimum absolute atomic E-state index is 0. The van der Waals surface area contributed by atoms with E-state index in [9.17, 15) is 4.79 Å². The Kier molecular flexibility index (Phi) is 5.26. The molecule has 1 aliphatic heterocycles. The van der Waals surface area contributed by atoms with Gasteiger partial charge in [-0.1, -0.05) is 13.8 Å². The average Bonchev–Trinajstić information content (AvgIpc) is 3.10. The molecule has 1 saturated heterocycles. The number of halogens is 1. The number of hydrogen-bond donors (Lipinski definition) is 1. The van der Waals surface area contributed by atoms with E-state index < -0.39 is 0 Å². The minimum Gasteiger partial charge on any atom is -0.338 e. The van der Waals surface area contributed by atoms with Gasteiger partial charge < -0.3 is 10.6 Å². The van der Waals surface area contributed by atoms with Crippen LogP contribution >= 0.6 is 12.4 Å². The van der Waals surface area contributed by atoms with Crippen LogP contribution in [0, 0.1) is 17.8 Å². The van der Waals surface area contributed by atoms with Crippen LogP contribution in [0.3, 0.4) is 0 Å². The summed E-state index contributed by atoms with van der Waals surface area (Å²) < 4.78 is 0. The maximum Gasteiger partial charge on any atom is 0.225 e. The van der Waals surface area contributed by atoms with Crippen molar-refractivity contribution >= 4 is 18.3 Å². The van der Waals surface area contributed by atoms with Crippen LogP contribution < -0.4 is 5.73 Å². The first kappa shape index (κ1) is 14.8. The Labute approximate surface area is 111 Å². The highest BCUT2D eigenvalue weighted by Gasteiger charge is 2.38. The number of likely N-dealkylation sites (tertiary alicyclic amines) is 1. The Morgan fingerprint density at radius 3 is 2.59 bits per heavy atom. The fourth-order valence-electron chi connectivity index (χ4n) is 2.94. The number of nitrogens with two attached hydrogens (primary N) is 1. The van der Waals surface area contributed by atoms with Crippen LogP contribution in [0.25, 0.3) is 0 Å². The zero-order chi connectivity index (χ0) is 11.7. The molecule has 0 aromatic carbocycles. The lowest BCUT2D eigenvalue weighted by atomic mass is 9.89. The summed E-state index contributed by atoms with van der Waals surface area (Å²) in [5.41, 5.74) is 5.82. The summed E-state index contributed by atoms with van der Waals surface area (Å²) in [5, 5.41) is 0. The van der Waals surface area contributed by atoms with Gasteiger partial charge in [0.1, 0.15) is 0 Å². The third-order valence-electron chi connectivity index (χ3n) is 4.36. The van der Waals surface area contributed by atoms with Crippen molar-refractivity contribution in [2.45, 2.75) is 45.6 Å². The zero-order valence-electron chi connectivity index (χ0n) is 10.9. The lowest BCUT2D eigenvalue weighted by Gasteiger charge is -2.40. The van der Waals surface area contributed by atoms with Gasteiger partial charge in [0.25, 0.3) is 0 Å². The van der Waals surface area contributed by atoms with Crippen LogP contribution in [0.1, 0.15) is 39.5 Å². The van der Waals surface area contributed by atoms with E-state index in [1.165, 1.54) is 19.3 Å². The number of nitrogens with zero attached hydrogens (tertiary/aromatic N) is 1. The smallest absolute Gasteiger partial charge is 0.225 e. The average molecular weight is 261 g/mol. The summed E-state index contributed by atoms with van der Waals surface area (Å²) >= 11 is 0. The molecule has 1 aliphatic carbocycles. The van der Waals surface area contributed by atoms with Gasteiger partial charge in [0.2, 0.25) is 5.91 Å². The highest BCUT2D eigenvalue weighted by atomic mass is 35.5. The van der Waals surface area contributed by atoms with E-state index in [4.69, 9.17) is 5.73 Å². The topological polar surface area (TPSA) is 46.3 Å². The van der Waals surface area contributed by atoms with Gasteiger partial charge in [0, 0.05) is 25.0 Å². The second-order valence-corrected chi connectivity index (χ2v) is 5.58. The summed E-state index contributed by atoms with van der Waals surface area (Å²) in [6.07, 6.45) is 4.83. The van der Waals surface area contributed by atoms with Crippen LogP contribution in [0.15, 0.2) is 0 Å². The molecule has 2 aliphatic rings. The highest BCUT2D eigenvalue weighted by Crippen LogP contribution is 2.38. The molecule has 1 saturated carbocycles. The molecule has 1 amide bonds. The molecule has 0 aromatic rings. The van der Waals surface area contributed by atoms with Crippen LogP contribution in [-0.4, -0.2) is 29.9 Å². The van der Waals surface area contributed by atoms with Gasteiger partial charge in [0.15, 0.2) is 0 Å². The van der Waals surface area contributed by atoms with Crippen LogP contribution in [-0.2, 0) is 4.79 Å². The molecule has 2 N–H and O–H groups in total. The van der Waals surface area contributed by atoms with Crippen molar-refractivity contribution in [2.75, 3.05) is 13.1 Å². The van der Waals surface area contributed by atoms with Crippen molar-refractivity contribution in [2.24, 2.45) is 23.5 Å². The SMILES string of the molecule is CC1CCCN(C(=O)C(C)C2CC2)C1CN.Cl.